The summed E-state index contributed by atoms with van der Waals surface area (Å²) in [6.07, 6.45) is 1.25. The lowest BCUT2D eigenvalue weighted by molar-refractivity contribution is 0.457. The van der Waals surface area contributed by atoms with Gasteiger partial charge < -0.3 is 9.72 Å². The van der Waals surface area contributed by atoms with Crippen molar-refractivity contribution in [1.29, 1.82) is 0 Å². The minimum absolute atomic E-state index is 0.0536. The highest BCUT2D eigenvalue weighted by molar-refractivity contribution is 14.1. The van der Waals surface area contributed by atoms with Gasteiger partial charge in [-0.3, -0.25) is 4.79 Å². The third-order valence-electron chi connectivity index (χ3n) is 1.81. The standard InChI is InChI=1S/C10H6ClIN2O2/c11-8-9(15)13-5-14-10(8)16-7-4-2-1-3-6(7)12/h1-5H,(H,13,14,15). The van der Waals surface area contributed by atoms with E-state index in [1.807, 2.05) is 18.2 Å². The average Bonchev–Trinajstić information content (AvgIpc) is 2.28. The molecule has 0 radical (unpaired) electrons. The second-order valence-electron chi connectivity index (χ2n) is 2.88. The second-order valence-corrected chi connectivity index (χ2v) is 4.42. The van der Waals surface area contributed by atoms with Gasteiger partial charge in [-0.2, -0.15) is 0 Å². The molecule has 1 N–H and O–H groups in total. The maximum atomic E-state index is 11.2. The van der Waals surface area contributed by atoms with Crippen molar-refractivity contribution in [3.8, 4) is 11.6 Å². The Morgan fingerprint density at radius 1 is 1.38 bits per heavy atom. The molecule has 4 nitrogen and oxygen atoms in total. The molecule has 0 amide bonds. The molecule has 0 unspecified atom stereocenters. The van der Waals surface area contributed by atoms with E-state index >= 15 is 0 Å². The van der Waals surface area contributed by atoms with Crippen LogP contribution in [0.3, 0.4) is 0 Å². The lowest BCUT2D eigenvalue weighted by atomic mass is 10.3. The third-order valence-corrected chi connectivity index (χ3v) is 3.03. The SMILES string of the molecule is O=c1[nH]cnc(Oc2ccccc2I)c1Cl. The van der Waals surface area contributed by atoms with Crippen LogP contribution in [-0.4, -0.2) is 9.97 Å². The highest BCUT2D eigenvalue weighted by Gasteiger charge is 2.09. The number of hydrogen-bond acceptors (Lipinski definition) is 3. The van der Waals surface area contributed by atoms with Crippen LogP contribution in [0.15, 0.2) is 35.4 Å². The van der Waals surface area contributed by atoms with Gasteiger partial charge in [0.15, 0.2) is 5.02 Å². The molecule has 1 heterocycles. The van der Waals surface area contributed by atoms with E-state index in [1.165, 1.54) is 6.33 Å². The Morgan fingerprint density at radius 3 is 2.88 bits per heavy atom. The molecule has 0 fully saturated rings. The Morgan fingerprint density at radius 2 is 2.12 bits per heavy atom. The predicted molar refractivity (Wildman–Crippen MR) is 69.1 cm³/mol. The number of hydrogen-bond donors (Lipinski definition) is 1. The minimum atomic E-state index is -0.419. The number of aromatic nitrogens is 2. The maximum absolute atomic E-state index is 11.2. The molecule has 0 saturated heterocycles. The summed E-state index contributed by atoms with van der Waals surface area (Å²) < 4.78 is 6.37. The monoisotopic (exact) mass is 348 g/mol. The van der Waals surface area contributed by atoms with E-state index < -0.39 is 5.56 Å². The molecule has 0 spiro atoms. The first-order valence-electron chi connectivity index (χ1n) is 4.34. The van der Waals surface area contributed by atoms with Crippen LogP contribution in [0.4, 0.5) is 0 Å². The summed E-state index contributed by atoms with van der Waals surface area (Å²) in [6.45, 7) is 0. The summed E-state index contributed by atoms with van der Waals surface area (Å²) in [5.74, 6) is 0.720. The number of benzene rings is 1. The Hall–Kier alpha value is -1.08. The van der Waals surface area contributed by atoms with E-state index in [0.717, 1.165) is 3.57 Å². The lowest BCUT2D eigenvalue weighted by Gasteiger charge is -2.06. The van der Waals surface area contributed by atoms with Gasteiger partial charge in [0.05, 0.1) is 9.90 Å². The van der Waals surface area contributed by atoms with Gasteiger partial charge in [-0.05, 0) is 34.7 Å². The number of nitrogens with zero attached hydrogens (tertiary/aromatic N) is 1. The molecular formula is C10H6ClIN2O2. The zero-order chi connectivity index (χ0) is 11.5. The predicted octanol–water partition coefficient (Wildman–Crippen LogP) is 2.82. The topological polar surface area (TPSA) is 55.0 Å². The molecule has 2 rings (SSSR count). The van der Waals surface area contributed by atoms with Gasteiger partial charge in [0, 0.05) is 0 Å². The van der Waals surface area contributed by atoms with Crippen molar-refractivity contribution in [1.82, 2.24) is 9.97 Å². The first kappa shape index (κ1) is 11.4. The summed E-state index contributed by atoms with van der Waals surface area (Å²) >= 11 is 7.89. The zero-order valence-corrected chi connectivity index (χ0v) is 10.8. The fourth-order valence-electron chi connectivity index (χ4n) is 1.07. The van der Waals surface area contributed by atoms with Gasteiger partial charge in [-0.1, -0.05) is 23.7 Å². The van der Waals surface area contributed by atoms with Crippen LogP contribution < -0.4 is 10.3 Å². The molecule has 0 aliphatic heterocycles. The summed E-state index contributed by atoms with van der Waals surface area (Å²) in [5.41, 5.74) is -0.419. The van der Waals surface area contributed by atoms with Gasteiger partial charge in [0.25, 0.3) is 5.56 Å². The van der Waals surface area contributed by atoms with E-state index in [-0.39, 0.29) is 10.9 Å². The highest BCUT2D eigenvalue weighted by Crippen LogP contribution is 2.27. The molecule has 0 aliphatic carbocycles. The van der Waals surface area contributed by atoms with Crippen molar-refractivity contribution in [2.24, 2.45) is 0 Å². The molecule has 2 aromatic rings. The van der Waals surface area contributed by atoms with E-state index in [2.05, 4.69) is 32.6 Å². The minimum Gasteiger partial charge on any atom is -0.436 e. The number of H-pyrrole nitrogens is 1. The Bertz CT molecular complexity index is 571. The van der Waals surface area contributed by atoms with Gasteiger partial charge in [-0.15, -0.1) is 0 Å². The Kier molecular flexibility index (Phi) is 3.45. The molecular weight excluding hydrogens is 342 g/mol. The van der Waals surface area contributed by atoms with E-state index in [0.29, 0.717) is 5.75 Å². The second kappa shape index (κ2) is 4.84. The molecule has 0 atom stereocenters. The Balaban J connectivity index is 2.38. The highest BCUT2D eigenvalue weighted by atomic mass is 127. The summed E-state index contributed by atoms with van der Waals surface area (Å²) in [4.78, 5) is 17.4. The molecule has 16 heavy (non-hydrogen) atoms. The molecule has 0 aliphatic rings. The largest absolute Gasteiger partial charge is 0.436 e. The number of aromatic amines is 1. The molecule has 0 saturated carbocycles. The van der Waals surface area contributed by atoms with Crippen LogP contribution in [0, 0.1) is 3.57 Å². The van der Waals surface area contributed by atoms with E-state index in [9.17, 15) is 4.79 Å². The van der Waals surface area contributed by atoms with Crippen LogP contribution >= 0.6 is 34.2 Å². The zero-order valence-electron chi connectivity index (χ0n) is 7.91. The summed E-state index contributed by atoms with van der Waals surface area (Å²) in [7, 11) is 0. The van der Waals surface area contributed by atoms with E-state index in [4.69, 9.17) is 16.3 Å². The average molecular weight is 349 g/mol. The van der Waals surface area contributed by atoms with Crippen molar-refractivity contribution in [2.75, 3.05) is 0 Å². The van der Waals surface area contributed by atoms with Crippen molar-refractivity contribution >= 4 is 34.2 Å². The fraction of sp³-hybridized carbons (Fsp3) is 0. The van der Waals surface area contributed by atoms with Crippen LogP contribution in [-0.2, 0) is 0 Å². The quantitative estimate of drug-likeness (QED) is 0.849. The maximum Gasteiger partial charge on any atom is 0.273 e. The van der Waals surface area contributed by atoms with Crippen molar-refractivity contribution in [3.63, 3.8) is 0 Å². The molecule has 6 heteroatoms. The normalized spacial score (nSPS) is 10.1. The first-order valence-corrected chi connectivity index (χ1v) is 5.79. The number of ether oxygens (including phenoxy) is 1. The van der Waals surface area contributed by atoms with Crippen molar-refractivity contribution < 1.29 is 4.74 Å². The Labute approximate surface area is 110 Å². The number of halogens is 2. The summed E-state index contributed by atoms with van der Waals surface area (Å²) in [6, 6.07) is 7.39. The summed E-state index contributed by atoms with van der Waals surface area (Å²) in [5, 5.41) is -0.0536. The molecule has 1 aromatic carbocycles. The van der Waals surface area contributed by atoms with Crippen LogP contribution in [0.2, 0.25) is 5.02 Å². The molecule has 1 aromatic heterocycles. The van der Waals surface area contributed by atoms with Crippen molar-refractivity contribution in [3.05, 3.63) is 49.5 Å². The van der Waals surface area contributed by atoms with Gasteiger partial charge in [-0.25, -0.2) is 4.98 Å². The van der Waals surface area contributed by atoms with Crippen molar-refractivity contribution in [2.45, 2.75) is 0 Å². The third kappa shape index (κ3) is 2.35. The fourth-order valence-corrected chi connectivity index (χ4v) is 1.71. The van der Waals surface area contributed by atoms with Gasteiger partial charge in [0.1, 0.15) is 5.75 Å². The van der Waals surface area contributed by atoms with Gasteiger partial charge in [0.2, 0.25) is 5.88 Å². The molecule has 0 bridgehead atoms. The molecule has 82 valence electrons. The lowest BCUT2D eigenvalue weighted by Crippen LogP contribution is -2.08. The van der Waals surface area contributed by atoms with Gasteiger partial charge >= 0.3 is 0 Å². The van der Waals surface area contributed by atoms with Crippen LogP contribution in [0.25, 0.3) is 0 Å². The van der Waals surface area contributed by atoms with Crippen LogP contribution in [0.5, 0.6) is 11.6 Å². The van der Waals surface area contributed by atoms with Crippen LogP contribution in [0.1, 0.15) is 0 Å². The number of nitrogens with one attached hydrogen (secondary N) is 1. The number of para-hydroxylation sites is 1. The first-order chi connectivity index (χ1) is 7.68. The number of rotatable bonds is 2. The van der Waals surface area contributed by atoms with E-state index in [1.54, 1.807) is 6.07 Å². The smallest absolute Gasteiger partial charge is 0.273 e.